The Bertz CT molecular complexity index is 708. The number of aromatic nitrogens is 1. The molecule has 0 bridgehead atoms. The third kappa shape index (κ3) is 4.47. The fourth-order valence-electron chi connectivity index (χ4n) is 1.44. The van der Waals surface area contributed by atoms with E-state index in [1.165, 1.54) is 12.1 Å². The van der Waals surface area contributed by atoms with Crippen LogP contribution in [0.1, 0.15) is 10.5 Å². The second-order valence-corrected chi connectivity index (χ2v) is 5.42. The maximum Gasteiger partial charge on any atom is 0.286 e. The first kappa shape index (κ1) is 16.3. The Morgan fingerprint density at radius 3 is 2.73 bits per heavy atom. The minimum Gasteiger partial charge on any atom is -0.484 e. The topological polar surface area (TPSA) is 83.2 Å². The predicted molar refractivity (Wildman–Crippen MR) is 81.0 cm³/mol. The van der Waals surface area contributed by atoms with E-state index in [-0.39, 0.29) is 23.1 Å². The van der Waals surface area contributed by atoms with E-state index in [2.05, 4.69) is 31.8 Å². The van der Waals surface area contributed by atoms with Crippen LogP contribution < -0.4 is 15.6 Å². The summed E-state index contributed by atoms with van der Waals surface area (Å²) >= 11 is 8.77. The Balaban J connectivity index is 1.78. The number of nitrogens with one attached hydrogen (secondary N) is 3. The fraction of sp³-hybridized carbons (Fsp3) is 0.0769. The molecule has 0 aliphatic carbocycles. The normalized spacial score (nSPS) is 10.1. The summed E-state index contributed by atoms with van der Waals surface area (Å²) in [6.07, 6.45) is 1.58. The van der Waals surface area contributed by atoms with Crippen molar-refractivity contribution in [3.63, 3.8) is 0 Å². The van der Waals surface area contributed by atoms with Crippen LogP contribution in [-0.2, 0) is 4.79 Å². The lowest BCUT2D eigenvalue weighted by atomic mass is 10.3. The Morgan fingerprint density at radius 1 is 1.32 bits per heavy atom. The molecule has 9 heteroatoms. The quantitative estimate of drug-likeness (QED) is 0.701. The SMILES string of the molecule is O=C(COc1ccc(F)c(Cl)c1)NNC(=O)c1cc(Br)c[nH]1. The Hall–Kier alpha value is -2.06. The maximum atomic E-state index is 12.9. The second-order valence-electron chi connectivity index (χ2n) is 4.10. The van der Waals surface area contributed by atoms with E-state index in [0.29, 0.717) is 4.47 Å². The highest BCUT2D eigenvalue weighted by Crippen LogP contribution is 2.20. The van der Waals surface area contributed by atoms with Gasteiger partial charge in [-0.15, -0.1) is 0 Å². The van der Waals surface area contributed by atoms with E-state index in [4.69, 9.17) is 16.3 Å². The first-order valence-electron chi connectivity index (χ1n) is 5.96. The summed E-state index contributed by atoms with van der Waals surface area (Å²) in [7, 11) is 0. The van der Waals surface area contributed by atoms with Crippen LogP contribution in [0.4, 0.5) is 4.39 Å². The number of rotatable bonds is 4. The predicted octanol–water partition coefficient (Wildman–Crippen LogP) is 2.41. The lowest BCUT2D eigenvalue weighted by Gasteiger charge is -2.08. The summed E-state index contributed by atoms with van der Waals surface area (Å²) in [5, 5.41) is -0.108. The van der Waals surface area contributed by atoms with E-state index in [1.54, 1.807) is 12.3 Å². The van der Waals surface area contributed by atoms with Crippen molar-refractivity contribution in [3.05, 3.63) is 51.5 Å². The van der Waals surface area contributed by atoms with Gasteiger partial charge >= 0.3 is 0 Å². The van der Waals surface area contributed by atoms with E-state index >= 15 is 0 Å². The molecular weight excluding hydrogens is 381 g/mol. The first-order valence-corrected chi connectivity index (χ1v) is 7.14. The van der Waals surface area contributed by atoms with Gasteiger partial charge in [0, 0.05) is 16.7 Å². The maximum absolute atomic E-state index is 12.9. The molecule has 2 aromatic rings. The number of aromatic amines is 1. The molecule has 1 aromatic heterocycles. The summed E-state index contributed by atoms with van der Waals surface area (Å²) in [4.78, 5) is 25.9. The van der Waals surface area contributed by atoms with Gasteiger partial charge in [-0.2, -0.15) is 0 Å². The Kier molecular flexibility index (Phi) is 5.40. The molecule has 2 rings (SSSR count). The number of amides is 2. The third-order valence-electron chi connectivity index (χ3n) is 2.47. The van der Waals surface area contributed by atoms with Crippen LogP contribution in [0.5, 0.6) is 5.75 Å². The van der Waals surface area contributed by atoms with Crippen molar-refractivity contribution < 1.29 is 18.7 Å². The van der Waals surface area contributed by atoms with Gasteiger partial charge in [0.2, 0.25) is 0 Å². The molecular formula is C13H10BrClFN3O3. The van der Waals surface area contributed by atoms with Gasteiger partial charge in [0.1, 0.15) is 17.3 Å². The van der Waals surface area contributed by atoms with Crippen molar-refractivity contribution in [2.45, 2.75) is 0 Å². The van der Waals surface area contributed by atoms with Crippen molar-refractivity contribution in [1.29, 1.82) is 0 Å². The molecule has 2 amide bonds. The van der Waals surface area contributed by atoms with Gasteiger partial charge in [0.05, 0.1) is 5.02 Å². The smallest absolute Gasteiger partial charge is 0.286 e. The molecule has 116 valence electrons. The third-order valence-corrected chi connectivity index (χ3v) is 3.22. The van der Waals surface area contributed by atoms with E-state index in [9.17, 15) is 14.0 Å². The van der Waals surface area contributed by atoms with Crippen molar-refractivity contribution in [3.8, 4) is 5.75 Å². The molecule has 1 heterocycles. The number of hydrogen-bond acceptors (Lipinski definition) is 3. The minimum absolute atomic E-state index is 0.108. The lowest BCUT2D eigenvalue weighted by molar-refractivity contribution is -0.123. The van der Waals surface area contributed by atoms with Crippen molar-refractivity contribution in [1.82, 2.24) is 15.8 Å². The number of carbonyl (C=O) groups is 2. The molecule has 0 atom stereocenters. The van der Waals surface area contributed by atoms with Gasteiger partial charge in [-0.05, 0) is 34.1 Å². The highest BCUT2D eigenvalue weighted by molar-refractivity contribution is 9.10. The van der Waals surface area contributed by atoms with Crippen LogP contribution >= 0.6 is 27.5 Å². The van der Waals surface area contributed by atoms with Gasteiger partial charge in [-0.1, -0.05) is 11.6 Å². The van der Waals surface area contributed by atoms with Crippen LogP contribution in [0.15, 0.2) is 34.9 Å². The number of carbonyl (C=O) groups excluding carboxylic acids is 2. The molecule has 0 saturated carbocycles. The summed E-state index contributed by atoms with van der Waals surface area (Å²) < 4.78 is 18.8. The van der Waals surface area contributed by atoms with Crippen molar-refractivity contribution in [2.75, 3.05) is 6.61 Å². The summed E-state index contributed by atoms with van der Waals surface area (Å²) in [6, 6.07) is 5.27. The van der Waals surface area contributed by atoms with Gasteiger partial charge in [-0.3, -0.25) is 20.4 Å². The fourth-order valence-corrected chi connectivity index (χ4v) is 1.96. The molecule has 0 fully saturated rings. The number of H-pyrrole nitrogens is 1. The van der Waals surface area contributed by atoms with Gasteiger partial charge < -0.3 is 9.72 Å². The molecule has 0 aliphatic heterocycles. The molecule has 0 radical (unpaired) electrons. The van der Waals surface area contributed by atoms with Gasteiger partial charge in [-0.25, -0.2) is 4.39 Å². The monoisotopic (exact) mass is 389 g/mol. The standard InChI is InChI=1S/C13H10BrClFN3O3/c14-7-3-11(17-5-7)13(21)19-18-12(20)6-22-8-1-2-10(16)9(15)4-8/h1-5,17H,6H2,(H,18,20)(H,19,21). The van der Waals surface area contributed by atoms with Crippen LogP contribution in [0, 0.1) is 5.82 Å². The van der Waals surface area contributed by atoms with Crippen LogP contribution in [0.2, 0.25) is 5.02 Å². The number of benzene rings is 1. The molecule has 0 saturated heterocycles. The molecule has 0 spiro atoms. The number of hydrazine groups is 1. The summed E-state index contributed by atoms with van der Waals surface area (Å²) in [6.45, 7) is -0.364. The molecule has 22 heavy (non-hydrogen) atoms. The average molecular weight is 391 g/mol. The van der Waals surface area contributed by atoms with Crippen molar-refractivity contribution in [2.24, 2.45) is 0 Å². The molecule has 6 nitrogen and oxygen atoms in total. The van der Waals surface area contributed by atoms with E-state index in [0.717, 1.165) is 6.07 Å². The minimum atomic E-state index is -0.584. The molecule has 3 N–H and O–H groups in total. The molecule has 0 aliphatic rings. The van der Waals surface area contributed by atoms with Gasteiger partial charge in [0.25, 0.3) is 11.8 Å². The zero-order valence-corrected chi connectivity index (χ0v) is 13.3. The van der Waals surface area contributed by atoms with E-state index < -0.39 is 17.6 Å². The van der Waals surface area contributed by atoms with Gasteiger partial charge in [0.15, 0.2) is 6.61 Å². The number of halogens is 3. The highest BCUT2D eigenvalue weighted by Gasteiger charge is 2.10. The summed E-state index contributed by atoms with van der Waals surface area (Å²) in [5.41, 5.74) is 4.67. The molecule has 1 aromatic carbocycles. The van der Waals surface area contributed by atoms with Crippen molar-refractivity contribution >= 4 is 39.3 Å². The zero-order valence-electron chi connectivity index (χ0n) is 11.0. The highest BCUT2D eigenvalue weighted by atomic mass is 79.9. The zero-order chi connectivity index (χ0) is 16.1. The largest absolute Gasteiger partial charge is 0.484 e. The molecule has 0 unspecified atom stereocenters. The van der Waals surface area contributed by atoms with Crippen LogP contribution in [0.3, 0.4) is 0 Å². The Labute approximate surface area is 138 Å². The second kappa shape index (κ2) is 7.28. The number of hydrogen-bond donors (Lipinski definition) is 3. The average Bonchev–Trinajstić information content (AvgIpc) is 2.92. The first-order chi connectivity index (χ1) is 10.5. The van der Waals surface area contributed by atoms with Crippen LogP contribution in [0.25, 0.3) is 0 Å². The Morgan fingerprint density at radius 2 is 2.09 bits per heavy atom. The van der Waals surface area contributed by atoms with E-state index in [1.807, 2.05) is 0 Å². The van der Waals surface area contributed by atoms with Crippen LogP contribution in [-0.4, -0.2) is 23.4 Å². The number of ether oxygens (including phenoxy) is 1. The summed E-state index contributed by atoms with van der Waals surface area (Å²) in [5.74, 6) is -1.44. The lowest BCUT2D eigenvalue weighted by Crippen LogP contribution is -2.43.